The van der Waals surface area contributed by atoms with Crippen molar-refractivity contribution in [2.45, 2.75) is 26.2 Å². The number of benzene rings is 2. The van der Waals surface area contributed by atoms with Crippen LogP contribution in [-0.2, 0) is 0 Å². The molecule has 1 aliphatic heterocycles. The topological polar surface area (TPSA) is 47.6 Å². The highest BCUT2D eigenvalue weighted by molar-refractivity contribution is 6.04. The van der Waals surface area contributed by atoms with E-state index in [-0.39, 0.29) is 5.91 Å². The highest BCUT2D eigenvalue weighted by Gasteiger charge is 2.14. The Kier molecular flexibility index (Phi) is 4.51. The molecule has 2 aromatic carbocycles. The predicted octanol–water partition coefficient (Wildman–Crippen LogP) is 4.22. The summed E-state index contributed by atoms with van der Waals surface area (Å²) >= 11 is 0. The van der Waals surface area contributed by atoms with Crippen LogP contribution in [0.5, 0.6) is 11.5 Å². The number of anilines is 1. The SMILES string of the molecule is CC(C)c1cccc(NC(=O)c2ccc3c(c2)OCCCO3)c1. The molecule has 0 aromatic heterocycles. The first kappa shape index (κ1) is 15.4. The summed E-state index contributed by atoms with van der Waals surface area (Å²) in [5, 5.41) is 2.94. The normalized spacial score (nSPS) is 13.5. The molecule has 23 heavy (non-hydrogen) atoms. The lowest BCUT2D eigenvalue weighted by atomic mass is 10.0. The lowest BCUT2D eigenvalue weighted by Crippen LogP contribution is -2.12. The van der Waals surface area contributed by atoms with Gasteiger partial charge in [0.15, 0.2) is 11.5 Å². The summed E-state index contributed by atoms with van der Waals surface area (Å²) < 4.78 is 11.2. The van der Waals surface area contributed by atoms with E-state index in [1.165, 1.54) is 5.56 Å². The zero-order valence-electron chi connectivity index (χ0n) is 13.5. The minimum Gasteiger partial charge on any atom is -0.490 e. The fraction of sp³-hybridized carbons (Fsp3) is 0.316. The maximum atomic E-state index is 12.5. The molecule has 1 heterocycles. The lowest BCUT2D eigenvalue weighted by molar-refractivity contribution is 0.102. The number of nitrogens with one attached hydrogen (secondary N) is 1. The van der Waals surface area contributed by atoms with E-state index in [9.17, 15) is 4.79 Å². The monoisotopic (exact) mass is 311 g/mol. The second-order valence-electron chi connectivity index (χ2n) is 5.95. The van der Waals surface area contributed by atoms with E-state index in [4.69, 9.17) is 9.47 Å². The molecule has 0 spiro atoms. The number of rotatable bonds is 3. The van der Waals surface area contributed by atoms with Gasteiger partial charge in [0.25, 0.3) is 5.91 Å². The van der Waals surface area contributed by atoms with Crippen molar-refractivity contribution in [3.8, 4) is 11.5 Å². The van der Waals surface area contributed by atoms with Crippen LogP contribution in [0.4, 0.5) is 5.69 Å². The molecule has 3 rings (SSSR count). The third-order valence-electron chi connectivity index (χ3n) is 3.82. The van der Waals surface area contributed by atoms with Gasteiger partial charge in [-0.15, -0.1) is 0 Å². The first-order chi connectivity index (χ1) is 11.1. The van der Waals surface area contributed by atoms with E-state index in [0.717, 1.165) is 12.1 Å². The van der Waals surface area contributed by atoms with Crippen molar-refractivity contribution in [1.82, 2.24) is 0 Å². The van der Waals surface area contributed by atoms with Gasteiger partial charge in [0.05, 0.1) is 13.2 Å². The minimum absolute atomic E-state index is 0.151. The third-order valence-corrected chi connectivity index (χ3v) is 3.82. The summed E-state index contributed by atoms with van der Waals surface area (Å²) in [7, 11) is 0. The Morgan fingerprint density at radius 3 is 2.61 bits per heavy atom. The Balaban J connectivity index is 1.78. The number of carbonyl (C=O) groups is 1. The molecule has 0 saturated carbocycles. The van der Waals surface area contributed by atoms with Crippen LogP contribution in [-0.4, -0.2) is 19.1 Å². The van der Waals surface area contributed by atoms with Gasteiger partial charge in [-0.25, -0.2) is 0 Å². The molecule has 4 heteroatoms. The maximum absolute atomic E-state index is 12.5. The molecule has 4 nitrogen and oxygen atoms in total. The Morgan fingerprint density at radius 2 is 1.83 bits per heavy atom. The van der Waals surface area contributed by atoms with Gasteiger partial charge >= 0.3 is 0 Å². The van der Waals surface area contributed by atoms with Gasteiger partial charge in [-0.3, -0.25) is 4.79 Å². The van der Waals surface area contributed by atoms with Gasteiger partial charge in [0.1, 0.15) is 0 Å². The average molecular weight is 311 g/mol. The molecule has 0 bridgehead atoms. The van der Waals surface area contributed by atoms with Crippen LogP contribution in [0.1, 0.15) is 42.1 Å². The standard InChI is InChI=1S/C19H21NO3/c1-13(2)14-5-3-6-16(11-14)20-19(21)15-7-8-17-18(12-15)23-10-4-9-22-17/h3,5-8,11-13H,4,9-10H2,1-2H3,(H,20,21). The van der Waals surface area contributed by atoms with Crippen molar-refractivity contribution < 1.29 is 14.3 Å². The molecular formula is C19H21NO3. The van der Waals surface area contributed by atoms with Gasteiger partial charge < -0.3 is 14.8 Å². The average Bonchev–Trinajstić information content (AvgIpc) is 2.79. The molecule has 2 aromatic rings. The Labute approximate surface area is 136 Å². The van der Waals surface area contributed by atoms with Crippen LogP contribution in [0.2, 0.25) is 0 Å². The summed E-state index contributed by atoms with van der Waals surface area (Å²) in [6, 6.07) is 13.2. The zero-order chi connectivity index (χ0) is 16.2. The molecule has 0 saturated heterocycles. The van der Waals surface area contributed by atoms with Crippen LogP contribution >= 0.6 is 0 Å². The van der Waals surface area contributed by atoms with Crippen molar-refractivity contribution in [3.63, 3.8) is 0 Å². The van der Waals surface area contributed by atoms with E-state index in [1.54, 1.807) is 18.2 Å². The first-order valence-electron chi connectivity index (χ1n) is 7.94. The summed E-state index contributed by atoms with van der Waals surface area (Å²) in [6.45, 7) is 5.50. The Bertz CT molecular complexity index is 710. The lowest BCUT2D eigenvalue weighted by Gasteiger charge is -2.11. The van der Waals surface area contributed by atoms with E-state index >= 15 is 0 Å². The summed E-state index contributed by atoms with van der Waals surface area (Å²) in [5.74, 6) is 1.60. The van der Waals surface area contributed by atoms with Crippen LogP contribution in [0.3, 0.4) is 0 Å². The molecule has 1 aliphatic rings. The highest BCUT2D eigenvalue weighted by Crippen LogP contribution is 2.30. The third kappa shape index (κ3) is 3.65. The van der Waals surface area contributed by atoms with Gasteiger partial charge in [0, 0.05) is 17.7 Å². The fourth-order valence-corrected chi connectivity index (χ4v) is 2.48. The predicted molar refractivity (Wildman–Crippen MR) is 90.5 cm³/mol. The van der Waals surface area contributed by atoms with Crippen LogP contribution in [0.25, 0.3) is 0 Å². The molecule has 120 valence electrons. The van der Waals surface area contributed by atoms with Gasteiger partial charge in [-0.2, -0.15) is 0 Å². The highest BCUT2D eigenvalue weighted by atomic mass is 16.5. The van der Waals surface area contributed by atoms with Crippen molar-refractivity contribution in [3.05, 3.63) is 53.6 Å². The number of hydrogen-bond donors (Lipinski definition) is 1. The van der Waals surface area contributed by atoms with E-state index in [0.29, 0.717) is 36.2 Å². The number of carbonyl (C=O) groups excluding carboxylic acids is 1. The van der Waals surface area contributed by atoms with Crippen molar-refractivity contribution >= 4 is 11.6 Å². The Morgan fingerprint density at radius 1 is 1.04 bits per heavy atom. The van der Waals surface area contributed by atoms with E-state index in [2.05, 4.69) is 25.2 Å². The number of fused-ring (bicyclic) bond motifs is 1. The molecule has 0 atom stereocenters. The second-order valence-corrected chi connectivity index (χ2v) is 5.95. The van der Waals surface area contributed by atoms with Crippen molar-refractivity contribution in [2.75, 3.05) is 18.5 Å². The minimum atomic E-state index is -0.151. The summed E-state index contributed by atoms with van der Waals surface area (Å²) in [6.07, 6.45) is 0.845. The summed E-state index contributed by atoms with van der Waals surface area (Å²) in [5.41, 5.74) is 2.55. The van der Waals surface area contributed by atoms with Crippen molar-refractivity contribution in [2.24, 2.45) is 0 Å². The quantitative estimate of drug-likeness (QED) is 0.923. The molecule has 0 unspecified atom stereocenters. The largest absolute Gasteiger partial charge is 0.490 e. The molecule has 1 N–H and O–H groups in total. The van der Waals surface area contributed by atoms with E-state index < -0.39 is 0 Å². The maximum Gasteiger partial charge on any atom is 0.255 e. The van der Waals surface area contributed by atoms with Crippen LogP contribution < -0.4 is 14.8 Å². The number of amides is 1. The molecular weight excluding hydrogens is 290 g/mol. The molecule has 0 radical (unpaired) electrons. The Hall–Kier alpha value is -2.49. The smallest absolute Gasteiger partial charge is 0.255 e. The molecule has 1 amide bonds. The van der Waals surface area contributed by atoms with Crippen molar-refractivity contribution in [1.29, 1.82) is 0 Å². The van der Waals surface area contributed by atoms with E-state index in [1.807, 2.05) is 18.2 Å². The fourth-order valence-electron chi connectivity index (χ4n) is 2.48. The van der Waals surface area contributed by atoms with Gasteiger partial charge in [-0.05, 0) is 41.8 Å². The molecule has 0 aliphatic carbocycles. The summed E-state index contributed by atoms with van der Waals surface area (Å²) in [4.78, 5) is 12.5. The molecule has 0 fully saturated rings. The van der Waals surface area contributed by atoms with Gasteiger partial charge in [-0.1, -0.05) is 26.0 Å². The van der Waals surface area contributed by atoms with Gasteiger partial charge in [0.2, 0.25) is 0 Å². The van der Waals surface area contributed by atoms with Crippen LogP contribution in [0.15, 0.2) is 42.5 Å². The first-order valence-corrected chi connectivity index (χ1v) is 7.94. The second kappa shape index (κ2) is 6.73. The number of hydrogen-bond acceptors (Lipinski definition) is 3. The van der Waals surface area contributed by atoms with Crippen LogP contribution in [0, 0.1) is 0 Å². The number of ether oxygens (including phenoxy) is 2. The zero-order valence-corrected chi connectivity index (χ0v) is 13.5.